The number of amides is 1. The average Bonchev–Trinajstić information content (AvgIpc) is 3.15. The lowest BCUT2D eigenvalue weighted by Crippen LogP contribution is -2.30. The molecule has 0 aliphatic heterocycles. The third-order valence-corrected chi connectivity index (χ3v) is 4.86. The van der Waals surface area contributed by atoms with E-state index in [4.69, 9.17) is 4.74 Å². The highest BCUT2D eigenvalue weighted by Crippen LogP contribution is 2.17. The summed E-state index contributed by atoms with van der Waals surface area (Å²) in [7, 11) is 0. The van der Waals surface area contributed by atoms with Crippen molar-refractivity contribution < 1.29 is 9.53 Å². The molecule has 0 bridgehead atoms. The predicted octanol–water partition coefficient (Wildman–Crippen LogP) is 4.86. The standard InChI is InChI=1S/C22H22N2O2S/c1-3-13-24(22(25)18-7-5-4-6-8-18)14-19-16-27-21(23-19)15-26-20-11-9-17(2)10-12-20/h3-12,16H,1,13-15H2,2H3. The van der Waals surface area contributed by atoms with E-state index in [2.05, 4.69) is 11.6 Å². The Balaban J connectivity index is 1.62. The van der Waals surface area contributed by atoms with Gasteiger partial charge in [-0.3, -0.25) is 4.79 Å². The van der Waals surface area contributed by atoms with E-state index in [1.54, 1.807) is 11.0 Å². The first-order valence-corrected chi connectivity index (χ1v) is 9.61. The van der Waals surface area contributed by atoms with Crippen molar-refractivity contribution in [2.45, 2.75) is 20.1 Å². The smallest absolute Gasteiger partial charge is 0.254 e. The number of thiazole rings is 1. The first kappa shape index (κ1) is 18.9. The van der Waals surface area contributed by atoms with Gasteiger partial charge in [0, 0.05) is 17.5 Å². The van der Waals surface area contributed by atoms with E-state index in [0.29, 0.717) is 25.3 Å². The summed E-state index contributed by atoms with van der Waals surface area (Å²) < 4.78 is 5.78. The summed E-state index contributed by atoms with van der Waals surface area (Å²) in [6, 6.07) is 17.2. The second-order valence-corrected chi connectivity index (χ2v) is 7.12. The SMILES string of the molecule is C=CCN(Cc1csc(COc2ccc(C)cc2)n1)C(=O)c1ccccc1. The maximum atomic E-state index is 12.7. The molecule has 2 aromatic carbocycles. The van der Waals surface area contributed by atoms with Crippen molar-refractivity contribution in [1.82, 2.24) is 9.88 Å². The van der Waals surface area contributed by atoms with E-state index in [0.717, 1.165) is 16.5 Å². The molecule has 0 aliphatic carbocycles. The van der Waals surface area contributed by atoms with Gasteiger partial charge in [0.15, 0.2) is 0 Å². The molecular weight excluding hydrogens is 356 g/mol. The van der Waals surface area contributed by atoms with Gasteiger partial charge < -0.3 is 9.64 Å². The lowest BCUT2D eigenvalue weighted by atomic mass is 10.2. The Morgan fingerprint density at radius 3 is 2.63 bits per heavy atom. The van der Waals surface area contributed by atoms with Gasteiger partial charge in [-0.05, 0) is 31.2 Å². The zero-order valence-corrected chi connectivity index (χ0v) is 16.1. The Bertz CT molecular complexity index is 888. The lowest BCUT2D eigenvalue weighted by molar-refractivity contribution is 0.0761. The number of benzene rings is 2. The van der Waals surface area contributed by atoms with E-state index in [1.807, 2.05) is 66.9 Å². The molecule has 1 amide bonds. The normalized spacial score (nSPS) is 10.4. The lowest BCUT2D eigenvalue weighted by Gasteiger charge is -2.20. The highest BCUT2D eigenvalue weighted by Gasteiger charge is 2.16. The number of nitrogens with zero attached hydrogens (tertiary/aromatic N) is 2. The maximum absolute atomic E-state index is 12.7. The van der Waals surface area contributed by atoms with Gasteiger partial charge in [0.1, 0.15) is 17.4 Å². The molecule has 27 heavy (non-hydrogen) atoms. The molecule has 0 radical (unpaired) electrons. The number of carbonyl (C=O) groups excluding carboxylic acids is 1. The summed E-state index contributed by atoms with van der Waals surface area (Å²) in [5.74, 6) is 0.797. The van der Waals surface area contributed by atoms with Crippen LogP contribution in [0.3, 0.4) is 0 Å². The molecule has 0 saturated heterocycles. The van der Waals surface area contributed by atoms with Gasteiger partial charge >= 0.3 is 0 Å². The number of aryl methyl sites for hydroxylation is 1. The highest BCUT2D eigenvalue weighted by molar-refractivity contribution is 7.09. The van der Waals surface area contributed by atoms with Gasteiger partial charge in [-0.1, -0.05) is 42.0 Å². The number of aromatic nitrogens is 1. The van der Waals surface area contributed by atoms with Crippen LogP contribution in [0.2, 0.25) is 0 Å². The van der Waals surface area contributed by atoms with Gasteiger partial charge in [-0.15, -0.1) is 17.9 Å². The van der Waals surface area contributed by atoms with Crippen LogP contribution in [0.15, 0.2) is 72.6 Å². The molecular formula is C22H22N2O2S. The van der Waals surface area contributed by atoms with Crippen LogP contribution >= 0.6 is 11.3 Å². The topological polar surface area (TPSA) is 42.4 Å². The molecule has 1 aromatic heterocycles. The molecule has 3 rings (SSSR count). The quantitative estimate of drug-likeness (QED) is 0.526. The predicted molar refractivity (Wildman–Crippen MR) is 109 cm³/mol. The summed E-state index contributed by atoms with van der Waals surface area (Å²) in [5, 5.41) is 2.86. The molecule has 3 aromatic rings. The summed E-state index contributed by atoms with van der Waals surface area (Å²) in [5.41, 5.74) is 2.72. The van der Waals surface area contributed by atoms with E-state index >= 15 is 0 Å². The Labute approximate surface area is 163 Å². The van der Waals surface area contributed by atoms with Crippen molar-refractivity contribution in [3.8, 4) is 5.75 Å². The second-order valence-electron chi connectivity index (χ2n) is 6.17. The van der Waals surface area contributed by atoms with Crippen LogP contribution in [0.4, 0.5) is 0 Å². The molecule has 0 fully saturated rings. The van der Waals surface area contributed by atoms with E-state index in [1.165, 1.54) is 16.9 Å². The van der Waals surface area contributed by atoms with Crippen LogP contribution in [0.5, 0.6) is 5.75 Å². The minimum atomic E-state index is -0.0269. The van der Waals surface area contributed by atoms with Crippen LogP contribution in [0.1, 0.15) is 26.6 Å². The second kappa shape index (κ2) is 9.14. The summed E-state index contributed by atoms with van der Waals surface area (Å²) in [4.78, 5) is 19.1. The van der Waals surface area contributed by atoms with Crippen LogP contribution in [0.25, 0.3) is 0 Å². The number of hydrogen-bond acceptors (Lipinski definition) is 4. The minimum Gasteiger partial charge on any atom is -0.486 e. The zero-order chi connectivity index (χ0) is 19.1. The van der Waals surface area contributed by atoms with Crippen LogP contribution in [-0.2, 0) is 13.2 Å². The first-order chi connectivity index (χ1) is 13.2. The third kappa shape index (κ3) is 5.28. The van der Waals surface area contributed by atoms with Crippen LogP contribution in [-0.4, -0.2) is 22.3 Å². The number of carbonyl (C=O) groups is 1. The Morgan fingerprint density at radius 2 is 1.93 bits per heavy atom. The van der Waals surface area contributed by atoms with Gasteiger partial charge in [0.25, 0.3) is 5.91 Å². The molecule has 1 heterocycles. The third-order valence-electron chi connectivity index (χ3n) is 3.99. The fourth-order valence-electron chi connectivity index (χ4n) is 2.60. The van der Waals surface area contributed by atoms with E-state index in [9.17, 15) is 4.79 Å². The fourth-order valence-corrected chi connectivity index (χ4v) is 3.30. The zero-order valence-electron chi connectivity index (χ0n) is 15.3. The van der Waals surface area contributed by atoms with Gasteiger partial charge in [0.2, 0.25) is 0 Å². The van der Waals surface area contributed by atoms with Crippen molar-refractivity contribution in [2.75, 3.05) is 6.54 Å². The Kier molecular flexibility index (Phi) is 6.39. The number of hydrogen-bond donors (Lipinski definition) is 0. The Morgan fingerprint density at radius 1 is 1.19 bits per heavy atom. The maximum Gasteiger partial charge on any atom is 0.254 e. The van der Waals surface area contributed by atoms with Gasteiger partial charge in [0.05, 0.1) is 12.2 Å². The summed E-state index contributed by atoms with van der Waals surface area (Å²) >= 11 is 1.54. The minimum absolute atomic E-state index is 0.0269. The fraction of sp³-hybridized carbons (Fsp3) is 0.182. The molecule has 0 N–H and O–H groups in total. The van der Waals surface area contributed by atoms with Gasteiger partial charge in [-0.25, -0.2) is 4.98 Å². The van der Waals surface area contributed by atoms with E-state index < -0.39 is 0 Å². The Hall–Kier alpha value is -2.92. The van der Waals surface area contributed by atoms with Crippen LogP contribution < -0.4 is 4.74 Å². The van der Waals surface area contributed by atoms with Crippen LogP contribution in [0, 0.1) is 6.92 Å². The molecule has 0 atom stereocenters. The molecule has 0 saturated carbocycles. The average molecular weight is 378 g/mol. The monoisotopic (exact) mass is 378 g/mol. The molecule has 5 heteroatoms. The number of ether oxygens (including phenoxy) is 1. The number of rotatable bonds is 8. The molecule has 0 spiro atoms. The van der Waals surface area contributed by atoms with Gasteiger partial charge in [-0.2, -0.15) is 0 Å². The van der Waals surface area contributed by atoms with Crippen molar-refractivity contribution in [3.63, 3.8) is 0 Å². The van der Waals surface area contributed by atoms with Crippen molar-refractivity contribution in [1.29, 1.82) is 0 Å². The summed E-state index contributed by atoms with van der Waals surface area (Å²) in [6.45, 7) is 7.14. The largest absolute Gasteiger partial charge is 0.486 e. The summed E-state index contributed by atoms with van der Waals surface area (Å²) in [6.07, 6.45) is 1.73. The van der Waals surface area contributed by atoms with E-state index in [-0.39, 0.29) is 5.91 Å². The molecule has 0 aliphatic rings. The van der Waals surface area contributed by atoms with Crippen molar-refractivity contribution >= 4 is 17.2 Å². The molecule has 4 nitrogen and oxygen atoms in total. The highest BCUT2D eigenvalue weighted by atomic mass is 32.1. The van der Waals surface area contributed by atoms with Crippen molar-refractivity contribution in [2.24, 2.45) is 0 Å². The first-order valence-electron chi connectivity index (χ1n) is 8.73. The molecule has 0 unspecified atom stereocenters. The van der Waals surface area contributed by atoms with Crippen molar-refractivity contribution in [3.05, 3.63) is 94.5 Å². The molecule has 138 valence electrons.